The number of nitrogens with one attached hydrogen (secondary N) is 1. The average molecular weight is 271 g/mol. The second-order valence-electron chi connectivity index (χ2n) is 4.64. The van der Waals surface area contributed by atoms with Crippen LogP contribution in [0.5, 0.6) is 0 Å². The lowest BCUT2D eigenvalue weighted by Crippen LogP contribution is -2.29. The second-order valence-corrected chi connectivity index (χ2v) is 4.64. The van der Waals surface area contributed by atoms with E-state index in [0.717, 1.165) is 12.0 Å². The van der Waals surface area contributed by atoms with E-state index in [1.807, 2.05) is 0 Å². The molecule has 1 aliphatic rings. The first-order chi connectivity index (χ1) is 9.69. The number of aromatic nitrogens is 1. The average Bonchev–Trinajstić information content (AvgIpc) is 2.89. The summed E-state index contributed by atoms with van der Waals surface area (Å²) in [6.07, 6.45) is 0.743. The van der Waals surface area contributed by atoms with E-state index in [1.54, 1.807) is 36.2 Å². The van der Waals surface area contributed by atoms with Gasteiger partial charge in [-0.1, -0.05) is 12.1 Å². The Bertz CT molecular complexity index is 672. The Hall–Kier alpha value is -2.43. The molecule has 5 heteroatoms. The lowest BCUT2D eigenvalue weighted by Gasteiger charge is -2.17. The van der Waals surface area contributed by atoms with Gasteiger partial charge in [-0.15, -0.1) is 0 Å². The van der Waals surface area contributed by atoms with E-state index in [4.69, 9.17) is 0 Å². The summed E-state index contributed by atoms with van der Waals surface area (Å²) in [6, 6.07) is 9.79. The van der Waals surface area contributed by atoms with Crippen molar-refractivity contribution in [3.05, 3.63) is 53.5 Å². The van der Waals surface area contributed by atoms with Crippen LogP contribution in [0.15, 0.2) is 36.4 Å². The van der Waals surface area contributed by atoms with Crippen molar-refractivity contribution in [2.75, 3.05) is 23.8 Å². The molecule has 0 spiro atoms. The Balaban J connectivity index is 1.95. The Morgan fingerprint density at radius 2 is 2.20 bits per heavy atom. The number of rotatable bonds is 2. The number of carbonyl (C=O) groups is 1. The van der Waals surface area contributed by atoms with Crippen LogP contribution in [0.2, 0.25) is 0 Å². The van der Waals surface area contributed by atoms with E-state index < -0.39 is 0 Å². The molecule has 1 aliphatic heterocycles. The Kier molecular flexibility index (Phi) is 3.10. The van der Waals surface area contributed by atoms with E-state index in [1.165, 1.54) is 12.1 Å². The van der Waals surface area contributed by atoms with Crippen LogP contribution < -0.4 is 10.2 Å². The lowest BCUT2D eigenvalue weighted by molar-refractivity contribution is 0.0985. The van der Waals surface area contributed by atoms with Crippen LogP contribution in [0.4, 0.5) is 15.9 Å². The first-order valence-corrected chi connectivity index (χ1v) is 6.44. The van der Waals surface area contributed by atoms with Crippen LogP contribution in [-0.4, -0.2) is 24.5 Å². The van der Waals surface area contributed by atoms with E-state index in [2.05, 4.69) is 10.3 Å². The first-order valence-electron chi connectivity index (χ1n) is 6.44. The van der Waals surface area contributed by atoms with Gasteiger partial charge >= 0.3 is 0 Å². The molecule has 0 fully saturated rings. The van der Waals surface area contributed by atoms with Crippen molar-refractivity contribution in [3.63, 3.8) is 0 Å². The van der Waals surface area contributed by atoms with Crippen LogP contribution in [0.1, 0.15) is 16.1 Å². The van der Waals surface area contributed by atoms with E-state index >= 15 is 0 Å². The summed E-state index contributed by atoms with van der Waals surface area (Å²) in [5.74, 6) is 0.0985. The molecular weight excluding hydrogens is 257 g/mol. The Labute approximate surface area is 116 Å². The highest BCUT2D eigenvalue weighted by molar-refractivity contribution is 6.06. The number of pyridine rings is 1. The van der Waals surface area contributed by atoms with Gasteiger partial charge in [0.05, 0.1) is 5.69 Å². The number of anilines is 2. The predicted molar refractivity (Wildman–Crippen MR) is 75.6 cm³/mol. The highest BCUT2D eigenvalue weighted by Crippen LogP contribution is 2.29. The molecule has 0 radical (unpaired) electrons. The quantitative estimate of drug-likeness (QED) is 0.912. The number of carbonyl (C=O) groups excluding carboxylic acids is 1. The summed E-state index contributed by atoms with van der Waals surface area (Å²) in [5.41, 5.74) is 1.99. The molecule has 2 aromatic rings. The summed E-state index contributed by atoms with van der Waals surface area (Å²) in [5, 5.41) is 2.90. The molecule has 1 amide bonds. The van der Waals surface area contributed by atoms with Gasteiger partial charge in [0.2, 0.25) is 0 Å². The summed E-state index contributed by atoms with van der Waals surface area (Å²) in [4.78, 5) is 18.3. The molecule has 1 aromatic carbocycles. The third-order valence-corrected chi connectivity index (χ3v) is 3.41. The van der Waals surface area contributed by atoms with Crippen LogP contribution in [0.25, 0.3) is 0 Å². The van der Waals surface area contributed by atoms with E-state index in [9.17, 15) is 9.18 Å². The van der Waals surface area contributed by atoms with Gasteiger partial charge in [-0.2, -0.15) is 0 Å². The zero-order valence-electron chi connectivity index (χ0n) is 11.1. The molecule has 4 nitrogen and oxygen atoms in total. The number of fused-ring (bicyclic) bond motifs is 1. The molecule has 20 heavy (non-hydrogen) atoms. The summed E-state index contributed by atoms with van der Waals surface area (Å²) < 4.78 is 13.4. The fourth-order valence-corrected chi connectivity index (χ4v) is 2.39. The number of hydrogen-bond donors (Lipinski definition) is 1. The maximum atomic E-state index is 13.4. The van der Waals surface area contributed by atoms with Crippen LogP contribution in [0.3, 0.4) is 0 Å². The SMILES string of the molecule is CNc1cccc(C(=O)N2CCc3ccc(F)cc32)n1. The predicted octanol–water partition coefficient (Wildman–Crippen LogP) is 2.47. The van der Waals surface area contributed by atoms with Gasteiger partial charge in [-0.25, -0.2) is 9.37 Å². The van der Waals surface area contributed by atoms with Gasteiger partial charge in [-0.05, 0) is 36.2 Å². The zero-order chi connectivity index (χ0) is 14.1. The molecule has 3 rings (SSSR count). The van der Waals surface area contributed by atoms with Crippen LogP contribution in [0, 0.1) is 5.82 Å². The Morgan fingerprint density at radius 3 is 3.00 bits per heavy atom. The monoisotopic (exact) mass is 271 g/mol. The molecule has 0 aliphatic carbocycles. The molecular formula is C15H14FN3O. The van der Waals surface area contributed by atoms with Crippen molar-refractivity contribution in [1.82, 2.24) is 4.98 Å². The molecule has 0 bridgehead atoms. The van der Waals surface area contributed by atoms with Crippen molar-refractivity contribution in [2.45, 2.75) is 6.42 Å². The zero-order valence-corrected chi connectivity index (χ0v) is 11.1. The van der Waals surface area contributed by atoms with Gasteiger partial charge < -0.3 is 10.2 Å². The molecule has 0 saturated heterocycles. The number of benzene rings is 1. The van der Waals surface area contributed by atoms with Gasteiger partial charge in [-0.3, -0.25) is 4.79 Å². The largest absolute Gasteiger partial charge is 0.373 e. The molecule has 0 unspecified atom stereocenters. The van der Waals surface area contributed by atoms with Crippen molar-refractivity contribution < 1.29 is 9.18 Å². The standard InChI is InChI=1S/C15H14FN3O/c1-17-14-4-2-3-12(18-14)15(20)19-8-7-10-5-6-11(16)9-13(10)19/h2-6,9H,7-8H2,1H3,(H,17,18). The van der Waals surface area contributed by atoms with Crippen molar-refractivity contribution in [3.8, 4) is 0 Å². The molecule has 1 aromatic heterocycles. The van der Waals surface area contributed by atoms with Crippen molar-refractivity contribution in [2.24, 2.45) is 0 Å². The van der Waals surface area contributed by atoms with Gasteiger partial charge in [0.1, 0.15) is 17.3 Å². The summed E-state index contributed by atoms with van der Waals surface area (Å²) in [6.45, 7) is 0.559. The van der Waals surface area contributed by atoms with Crippen LogP contribution >= 0.6 is 0 Å². The van der Waals surface area contributed by atoms with Gasteiger partial charge in [0, 0.05) is 13.6 Å². The lowest BCUT2D eigenvalue weighted by atomic mass is 10.1. The summed E-state index contributed by atoms with van der Waals surface area (Å²) >= 11 is 0. The molecule has 2 heterocycles. The van der Waals surface area contributed by atoms with Crippen LogP contribution in [-0.2, 0) is 6.42 Å². The number of hydrogen-bond acceptors (Lipinski definition) is 3. The molecule has 0 saturated carbocycles. The Morgan fingerprint density at radius 1 is 1.35 bits per heavy atom. The molecule has 0 atom stereocenters. The number of halogens is 1. The third kappa shape index (κ3) is 2.11. The second kappa shape index (κ2) is 4.92. The minimum absolute atomic E-state index is 0.202. The first kappa shape index (κ1) is 12.6. The van der Waals surface area contributed by atoms with Gasteiger partial charge in [0.15, 0.2) is 0 Å². The van der Waals surface area contributed by atoms with E-state index in [0.29, 0.717) is 23.7 Å². The highest BCUT2D eigenvalue weighted by Gasteiger charge is 2.26. The smallest absolute Gasteiger partial charge is 0.276 e. The minimum Gasteiger partial charge on any atom is -0.373 e. The third-order valence-electron chi connectivity index (χ3n) is 3.41. The molecule has 1 N–H and O–H groups in total. The summed E-state index contributed by atoms with van der Waals surface area (Å²) in [7, 11) is 1.75. The maximum absolute atomic E-state index is 13.4. The normalized spacial score (nSPS) is 13.2. The fraction of sp³-hybridized carbons (Fsp3) is 0.200. The fourth-order valence-electron chi connectivity index (χ4n) is 2.39. The van der Waals surface area contributed by atoms with E-state index in [-0.39, 0.29) is 11.7 Å². The van der Waals surface area contributed by atoms with Crippen molar-refractivity contribution >= 4 is 17.4 Å². The van der Waals surface area contributed by atoms with Crippen molar-refractivity contribution in [1.29, 1.82) is 0 Å². The minimum atomic E-state index is -0.333. The number of nitrogens with zero attached hydrogens (tertiary/aromatic N) is 2. The molecule has 102 valence electrons. The number of amides is 1. The van der Waals surface area contributed by atoms with Gasteiger partial charge in [0.25, 0.3) is 5.91 Å². The topological polar surface area (TPSA) is 45.2 Å². The highest BCUT2D eigenvalue weighted by atomic mass is 19.1. The maximum Gasteiger partial charge on any atom is 0.276 e.